The highest BCUT2D eigenvalue weighted by atomic mass is 16.5. The summed E-state index contributed by atoms with van der Waals surface area (Å²) in [4.78, 5) is 14.1. The molecule has 4 nitrogen and oxygen atoms in total. The van der Waals surface area contributed by atoms with E-state index in [2.05, 4.69) is 0 Å². The zero-order valence-corrected chi connectivity index (χ0v) is 12.2. The number of ether oxygens (including phenoxy) is 1. The molecule has 1 amide bonds. The fourth-order valence-electron chi connectivity index (χ4n) is 3.08. The maximum Gasteiger partial charge on any atom is 0.225 e. The predicted molar refractivity (Wildman–Crippen MR) is 73.8 cm³/mol. The Morgan fingerprint density at radius 3 is 2.32 bits per heavy atom. The molecular weight excluding hydrogens is 242 g/mol. The van der Waals surface area contributed by atoms with Crippen molar-refractivity contribution in [2.24, 2.45) is 11.3 Å². The first kappa shape index (κ1) is 14.8. The summed E-state index contributed by atoms with van der Waals surface area (Å²) in [7, 11) is 0. The molecule has 110 valence electrons. The summed E-state index contributed by atoms with van der Waals surface area (Å²) >= 11 is 0. The van der Waals surface area contributed by atoms with E-state index < -0.39 is 6.10 Å². The van der Waals surface area contributed by atoms with Gasteiger partial charge in [0.2, 0.25) is 5.91 Å². The third-order valence-electron chi connectivity index (χ3n) is 4.88. The second kappa shape index (κ2) is 6.23. The second-order valence-corrected chi connectivity index (χ2v) is 6.51. The molecule has 0 bridgehead atoms. The minimum atomic E-state index is -0.508. The molecule has 4 heteroatoms. The highest BCUT2D eigenvalue weighted by molar-refractivity contribution is 5.76. The molecule has 0 radical (unpaired) electrons. The molecule has 1 atom stereocenters. The van der Waals surface area contributed by atoms with Crippen molar-refractivity contribution in [3.05, 3.63) is 0 Å². The van der Waals surface area contributed by atoms with Gasteiger partial charge in [0, 0.05) is 26.3 Å². The van der Waals surface area contributed by atoms with Crippen LogP contribution in [0.25, 0.3) is 0 Å². The van der Waals surface area contributed by atoms with E-state index in [9.17, 15) is 9.90 Å². The third kappa shape index (κ3) is 3.69. The van der Waals surface area contributed by atoms with Gasteiger partial charge in [0.05, 0.1) is 12.5 Å². The molecule has 2 saturated heterocycles. The lowest BCUT2D eigenvalue weighted by molar-refractivity contribution is -0.137. The van der Waals surface area contributed by atoms with Crippen LogP contribution in [0, 0.1) is 11.3 Å². The quantitative estimate of drug-likeness (QED) is 0.850. The highest BCUT2D eigenvalue weighted by Crippen LogP contribution is 2.40. The van der Waals surface area contributed by atoms with E-state index in [1.54, 1.807) is 0 Å². The Balaban J connectivity index is 1.80. The molecule has 2 heterocycles. The number of hydrogen-bond acceptors (Lipinski definition) is 3. The van der Waals surface area contributed by atoms with Crippen molar-refractivity contribution in [3.8, 4) is 0 Å². The van der Waals surface area contributed by atoms with Crippen LogP contribution in [-0.4, -0.2) is 48.3 Å². The van der Waals surface area contributed by atoms with Crippen LogP contribution in [-0.2, 0) is 9.53 Å². The molecule has 1 spiro atoms. The molecule has 2 fully saturated rings. The van der Waals surface area contributed by atoms with Gasteiger partial charge >= 0.3 is 0 Å². The SMILES string of the molecule is CC(C)C(O)CC(=O)N1CCC2(CCOCC2)CC1. The topological polar surface area (TPSA) is 49.8 Å². The van der Waals surface area contributed by atoms with E-state index in [1.165, 1.54) is 0 Å². The van der Waals surface area contributed by atoms with Gasteiger partial charge in [0.15, 0.2) is 0 Å². The molecule has 0 aromatic carbocycles. The average molecular weight is 269 g/mol. The van der Waals surface area contributed by atoms with E-state index in [0.717, 1.165) is 52.0 Å². The zero-order chi connectivity index (χ0) is 13.9. The Kier molecular flexibility index (Phi) is 4.85. The van der Waals surface area contributed by atoms with Crippen molar-refractivity contribution < 1.29 is 14.6 Å². The van der Waals surface area contributed by atoms with Crippen LogP contribution in [0.5, 0.6) is 0 Å². The van der Waals surface area contributed by atoms with Crippen LogP contribution >= 0.6 is 0 Å². The van der Waals surface area contributed by atoms with Crippen molar-refractivity contribution in [2.75, 3.05) is 26.3 Å². The third-order valence-corrected chi connectivity index (χ3v) is 4.88. The molecule has 0 saturated carbocycles. The fraction of sp³-hybridized carbons (Fsp3) is 0.933. The van der Waals surface area contributed by atoms with Crippen LogP contribution in [0.3, 0.4) is 0 Å². The van der Waals surface area contributed by atoms with Gasteiger partial charge in [-0.25, -0.2) is 0 Å². The van der Waals surface area contributed by atoms with Crippen molar-refractivity contribution in [2.45, 2.75) is 52.1 Å². The number of rotatable bonds is 3. The Morgan fingerprint density at radius 2 is 1.79 bits per heavy atom. The lowest BCUT2D eigenvalue weighted by Crippen LogP contribution is -2.46. The van der Waals surface area contributed by atoms with E-state index in [-0.39, 0.29) is 18.2 Å². The summed E-state index contributed by atoms with van der Waals surface area (Å²) in [6.45, 7) is 7.35. The summed E-state index contributed by atoms with van der Waals surface area (Å²) < 4.78 is 5.44. The smallest absolute Gasteiger partial charge is 0.225 e. The summed E-state index contributed by atoms with van der Waals surface area (Å²) in [5, 5.41) is 9.81. The van der Waals surface area contributed by atoms with Gasteiger partial charge in [-0.15, -0.1) is 0 Å². The molecule has 19 heavy (non-hydrogen) atoms. The molecule has 1 N–H and O–H groups in total. The summed E-state index contributed by atoms with van der Waals surface area (Å²) in [5.41, 5.74) is 0.422. The first-order chi connectivity index (χ1) is 9.02. The van der Waals surface area contributed by atoms with Crippen molar-refractivity contribution in [3.63, 3.8) is 0 Å². The number of aliphatic hydroxyl groups is 1. The maximum absolute atomic E-state index is 12.1. The predicted octanol–water partition coefficient (Wildman–Crippen LogP) is 1.81. The summed E-state index contributed by atoms with van der Waals surface area (Å²) in [5.74, 6) is 0.263. The van der Waals surface area contributed by atoms with Gasteiger partial charge in [-0.3, -0.25) is 4.79 Å². The number of amides is 1. The first-order valence-electron chi connectivity index (χ1n) is 7.56. The number of nitrogens with zero attached hydrogens (tertiary/aromatic N) is 1. The van der Waals surface area contributed by atoms with Crippen LogP contribution in [0.1, 0.15) is 46.0 Å². The maximum atomic E-state index is 12.1. The van der Waals surface area contributed by atoms with Crippen LogP contribution in [0.4, 0.5) is 0 Å². The van der Waals surface area contributed by atoms with Crippen molar-refractivity contribution in [1.29, 1.82) is 0 Å². The van der Waals surface area contributed by atoms with Gasteiger partial charge < -0.3 is 14.7 Å². The van der Waals surface area contributed by atoms with E-state index in [1.807, 2.05) is 18.7 Å². The van der Waals surface area contributed by atoms with Crippen LogP contribution in [0.2, 0.25) is 0 Å². The number of piperidine rings is 1. The van der Waals surface area contributed by atoms with Gasteiger partial charge in [0.1, 0.15) is 0 Å². The highest BCUT2D eigenvalue weighted by Gasteiger charge is 2.37. The number of aliphatic hydroxyl groups excluding tert-OH is 1. The molecule has 0 aromatic heterocycles. The second-order valence-electron chi connectivity index (χ2n) is 6.51. The summed E-state index contributed by atoms with van der Waals surface area (Å²) in [6.07, 6.45) is 4.24. The molecule has 1 unspecified atom stereocenters. The largest absolute Gasteiger partial charge is 0.392 e. The minimum Gasteiger partial charge on any atom is -0.392 e. The Morgan fingerprint density at radius 1 is 1.21 bits per heavy atom. The minimum absolute atomic E-state index is 0.114. The number of carbonyl (C=O) groups is 1. The monoisotopic (exact) mass is 269 g/mol. The molecule has 2 rings (SSSR count). The van der Waals surface area contributed by atoms with Crippen LogP contribution < -0.4 is 0 Å². The van der Waals surface area contributed by atoms with E-state index in [0.29, 0.717) is 5.41 Å². The molecule has 0 aliphatic carbocycles. The van der Waals surface area contributed by atoms with Gasteiger partial charge in [-0.2, -0.15) is 0 Å². The van der Waals surface area contributed by atoms with Gasteiger partial charge in [-0.05, 0) is 37.0 Å². The number of carbonyl (C=O) groups excluding carboxylic acids is 1. The normalized spacial score (nSPS) is 24.7. The zero-order valence-electron chi connectivity index (χ0n) is 12.2. The lowest BCUT2D eigenvalue weighted by atomic mass is 9.72. The molecular formula is C15H27NO3. The first-order valence-corrected chi connectivity index (χ1v) is 7.56. The Bertz CT molecular complexity index is 301. The van der Waals surface area contributed by atoms with E-state index in [4.69, 9.17) is 4.74 Å². The fourth-order valence-corrected chi connectivity index (χ4v) is 3.08. The Labute approximate surface area is 116 Å². The number of hydrogen-bond donors (Lipinski definition) is 1. The van der Waals surface area contributed by atoms with Crippen LogP contribution in [0.15, 0.2) is 0 Å². The van der Waals surface area contributed by atoms with Crippen molar-refractivity contribution in [1.82, 2.24) is 4.90 Å². The summed E-state index contributed by atoms with van der Waals surface area (Å²) in [6, 6.07) is 0. The molecule has 0 aromatic rings. The molecule has 2 aliphatic heterocycles. The van der Waals surface area contributed by atoms with Crippen molar-refractivity contribution >= 4 is 5.91 Å². The number of likely N-dealkylation sites (tertiary alicyclic amines) is 1. The standard InChI is InChI=1S/C15H27NO3/c1-12(2)13(17)11-14(18)16-7-3-15(4-8-16)5-9-19-10-6-15/h12-13,17H,3-11H2,1-2H3. The Hall–Kier alpha value is -0.610. The van der Waals surface area contributed by atoms with Gasteiger partial charge in [0.25, 0.3) is 0 Å². The molecule has 2 aliphatic rings. The van der Waals surface area contributed by atoms with E-state index >= 15 is 0 Å². The average Bonchev–Trinajstić information content (AvgIpc) is 2.40. The lowest BCUT2D eigenvalue weighted by Gasteiger charge is -2.44. The van der Waals surface area contributed by atoms with Gasteiger partial charge in [-0.1, -0.05) is 13.8 Å².